The summed E-state index contributed by atoms with van der Waals surface area (Å²) in [5, 5.41) is 24.9. The van der Waals surface area contributed by atoms with Crippen molar-refractivity contribution < 1.29 is 0 Å². The average Bonchev–Trinajstić information content (AvgIpc) is 2.31. The number of aliphatic imine (C=N–C) groups is 1. The van der Waals surface area contributed by atoms with E-state index in [2.05, 4.69) is 4.99 Å². The Morgan fingerprint density at radius 2 is 2.00 bits per heavy atom. The number of nitrogens with zero attached hydrogens (tertiary/aromatic N) is 3. The topological polar surface area (TPSA) is 83.8 Å². The Labute approximate surface area is 97.9 Å². The second kappa shape index (κ2) is 5.65. The molecule has 1 N–H and O–H groups in total. The van der Waals surface area contributed by atoms with E-state index in [1.165, 1.54) is 6.21 Å². The molecule has 4 nitrogen and oxygen atoms in total. The number of hydrogen-bond acceptors (Lipinski definition) is 4. The zero-order chi connectivity index (χ0) is 12.0. The maximum atomic E-state index is 8.67. The maximum absolute atomic E-state index is 8.67. The number of nitriles is 2. The predicted molar refractivity (Wildman–Crippen MR) is 61.8 cm³/mol. The molecule has 1 aromatic rings. The Balaban J connectivity index is 2.81. The van der Waals surface area contributed by atoms with Crippen LogP contribution in [0.4, 0.5) is 0 Å². The molecule has 1 rings (SSSR count). The molecule has 0 aromatic heterocycles. The highest BCUT2D eigenvalue weighted by Crippen LogP contribution is 2.08. The maximum Gasteiger partial charge on any atom is 0.187 e. The van der Waals surface area contributed by atoms with Crippen LogP contribution in [-0.2, 0) is 0 Å². The molecule has 0 bridgehead atoms. The van der Waals surface area contributed by atoms with E-state index >= 15 is 0 Å². The van der Waals surface area contributed by atoms with E-state index < -0.39 is 6.04 Å². The number of rotatable bonds is 3. The quantitative estimate of drug-likeness (QED) is 0.808. The van der Waals surface area contributed by atoms with E-state index in [4.69, 9.17) is 27.5 Å². The van der Waals surface area contributed by atoms with Crippen molar-refractivity contribution in [1.29, 1.82) is 15.9 Å². The smallest absolute Gasteiger partial charge is 0.187 e. The molecule has 1 unspecified atom stereocenters. The van der Waals surface area contributed by atoms with Crippen LogP contribution in [0.2, 0.25) is 5.02 Å². The van der Waals surface area contributed by atoms with Crippen molar-refractivity contribution in [2.75, 3.05) is 0 Å². The van der Waals surface area contributed by atoms with E-state index in [0.717, 1.165) is 5.56 Å². The van der Waals surface area contributed by atoms with Crippen molar-refractivity contribution >= 4 is 23.5 Å². The van der Waals surface area contributed by atoms with Gasteiger partial charge in [-0.1, -0.05) is 23.7 Å². The first-order chi connectivity index (χ1) is 7.67. The van der Waals surface area contributed by atoms with Gasteiger partial charge in [0, 0.05) is 11.2 Å². The normalized spacial score (nSPS) is 11.7. The van der Waals surface area contributed by atoms with Crippen LogP contribution in [0.1, 0.15) is 5.56 Å². The highest BCUT2D eigenvalue weighted by Gasteiger charge is 2.09. The summed E-state index contributed by atoms with van der Waals surface area (Å²) in [4.78, 5) is 3.84. The lowest BCUT2D eigenvalue weighted by Crippen LogP contribution is -2.13. The van der Waals surface area contributed by atoms with E-state index in [9.17, 15) is 0 Å². The molecule has 0 fully saturated rings. The molecule has 1 aromatic carbocycles. The van der Waals surface area contributed by atoms with Crippen molar-refractivity contribution in [2.24, 2.45) is 4.99 Å². The van der Waals surface area contributed by atoms with Crippen LogP contribution in [0.3, 0.4) is 0 Å². The van der Waals surface area contributed by atoms with Gasteiger partial charge in [0.25, 0.3) is 0 Å². The lowest BCUT2D eigenvalue weighted by Gasteiger charge is -1.97. The standard InChI is InChI=1S/C11H7ClN4/c12-9-3-1-8(2-4-9)7-16-11(6-14)10(15)5-13/h1-4,7,11,15H. The molecule has 16 heavy (non-hydrogen) atoms. The number of benzene rings is 1. The third-order valence-corrected chi connectivity index (χ3v) is 2.01. The Hall–Kier alpha value is -2.17. The molecule has 0 heterocycles. The zero-order valence-electron chi connectivity index (χ0n) is 8.18. The summed E-state index contributed by atoms with van der Waals surface area (Å²) in [6.07, 6.45) is 1.44. The molecule has 5 heteroatoms. The SMILES string of the molecule is N#CC(=N)C(C#N)N=Cc1ccc(Cl)cc1. The summed E-state index contributed by atoms with van der Waals surface area (Å²) in [7, 11) is 0. The van der Waals surface area contributed by atoms with Crippen LogP contribution in [0.5, 0.6) is 0 Å². The second-order valence-electron chi connectivity index (χ2n) is 2.89. The van der Waals surface area contributed by atoms with Gasteiger partial charge < -0.3 is 0 Å². The second-order valence-corrected chi connectivity index (χ2v) is 3.32. The first-order valence-corrected chi connectivity index (χ1v) is 4.72. The minimum absolute atomic E-state index is 0.368. The lowest BCUT2D eigenvalue weighted by molar-refractivity contribution is 1.09. The minimum atomic E-state index is -1.04. The van der Waals surface area contributed by atoms with Gasteiger partial charge in [-0.25, -0.2) is 0 Å². The first kappa shape index (κ1) is 11.9. The summed E-state index contributed by atoms with van der Waals surface area (Å²) >= 11 is 5.70. The molecule has 0 amide bonds. The molecule has 0 saturated carbocycles. The van der Waals surface area contributed by atoms with Crippen LogP contribution in [-0.4, -0.2) is 18.0 Å². The van der Waals surface area contributed by atoms with Gasteiger partial charge in [-0.3, -0.25) is 10.4 Å². The Morgan fingerprint density at radius 3 is 2.50 bits per heavy atom. The van der Waals surface area contributed by atoms with Crippen LogP contribution < -0.4 is 0 Å². The molecule has 1 atom stereocenters. The molecule has 0 aliphatic heterocycles. The van der Waals surface area contributed by atoms with Gasteiger partial charge in [0.15, 0.2) is 6.04 Å². The fraction of sp³-hybridized carbons (Fsp3) is 0.0909. The Morgan fingerprint density at radius 1 is 1.38 bits per heavy atom. The highest BCUT2D eigenvalue weighted by atomic mass is 35.5. The Kier molecular flexibility index (Phi) is 4.20. The third-order valence-electron chi connectivity index (χ3n) is 1.76. The zero-order valence-corrected chi connectivity index (χ0v) is 8.94. The predicted octanol–water partition coefficient (Wildman–Crippen LogP) is 2.19. The van der Waals surface area contributed by atoms with Crippen molar-refractivity contribution in [2.45, 2.75) is 6.04 Å². The molecule has 0 spiro atoms. The molecule has 0 saturated heterocycles. The van der Waals surface area contributed by atoms with Gasteiger partial charge in [-0.15, -0.1) is 0 Å². The van der Waals surface area contributed by atoms with Crippen LogP contribution >= 0.6 is 11.6 Å². The molecule has 78 valence electrons. The van der Waals surface area contributed by atoms with Gasteiger partial charge >= 0.3 is 0 Å². The Bertz CT molecular complexity index is 490. The van der Waals surface area contributed by atoms with E-state index in [-0.39, 0.29) is 5.71 Å². The first-order valence-electron chi connectivity index (χ1n) is 4.34. The van der Waals surface area contributed by atoms with Gasteiger partial charge in [0.05, 0.1) is 6.07 Å². The molecule has 0 aliphatic carbocycles. The van der Waals surface area contributed by atoms with Gasteiger partial charge in [-0.2, -0.15) is 10.5 Å². The summed E-state index contributed by atoms with van der Waals surface area (Å²) in [6.45, 7) is 0. The average molecular weight is 231 g/mol. The van der Waals surface area contributed by atoms with Crippen molar-refractivity contribution in [1.82, 2.24) is 0 Å². The van der Waals surface area contributed by atoms with E-state index in [1.807, 2.05) is 0 Å². The monoisotopic (exact) mass is 230 g/mol. The summed E-state index contributed by atoms with van der Waals surface area (Å²) < 4.78 is 0. The number of hydrogen-bond donors (Lipinski definition) is 1. The van der Waals surface area contributed by atoms with E-state index in [1.54, 1.807) is 36.4 Å². The molecular weight excluding hydrogens is 224 g/mol. The minimum Gasteiger partial charge on any atom is -0.291 e. The molecule has 0 radical (unpaired) electrons. The summed E-state index contributed by atoms with van der Waals surface area (Å²) in [5.41, 5.74) is 0.392. The molecular formula is C11H7ClN4. The largest absolute Gasteiger partial charge is 0.291 e. The van der Waals surface area contributed by atoms with Crippen LogP contribution in [0, 0.1) is 28.1 Å². The van der Waals surface area contributed by atoms with Crippen LogP contribution in [0.15, 0.2) is 29.3 Å². The number of halogens is 1. The summed E-state index contributed by atoms with van der Waals surface area (Å²) in [5.74, 6) is 0. The third kappa shape index (κ3) is 3.20. The van der Waals surface area contributed by atoms with E-state index in [0.29, 0.717) is 5.02 Å². The van der Waals surface area contributed by atoms with Crippen molar-refractivity contribution in [3.05, 3.63) is 34.9 Å². The van der Waals surface area contributed by atoms with Crippen molar-refractivity contribution in [3.63, 3.8) is 0 Å². The number of nitrogens with one attached hydrogen (secondary N) is 1. The van der Waals surface area contributed by atoms with Gasteiger partial charge in [0.2, 0.25) is 0 Å². The van der Waals surface area contributed by atoms with Crippen LogP contribution in [0.25, 0.3) is 0 Å². The fourth-order valence-electron chi connectivity index (χ4n) is 0.943. The molecule has 0 aliphatic rings. The fourth-order valence-corrected chi connectivity index (χ4v) is 1.07. The van der Waals surface area contributed by atoms with Gasteiger partial charge in [0.1, 0.15) is 11.8 Å². The lowest BCUT2D eigenvalue weighted by atomic mass is 10.2. The highest BCUT2D eigenvalue weighted by molar-refractivity contribution is 6.30. The summed E-state index contributed by atoms with van der Waals surface area (Å²) in [6, 6.07) is 9.16. The van der Waals surface area contributed by atoms with Gasteiger partial charge in [-0.05, 0) is 17.7 Å². The van der Waals surface area contributed by atoms with Crippen molar-refractivity contribution in [3.8, 4) is 12.1 Å².